The van der Waals surface area contributed by atoms with Crippen molar-refractivity contribution >= 4 is 17.4 Å². The van der Waals surface area contributed by atoms with E-state index in [-0.39, 0.29) is 5.41 Å². The summed E-state index contributed by atoms with van der Waals surface area (Å²) in [4.78, 5) is 22.7. The van der Waals surface area contributed by atoms with Gasteiger partial charge in [0.25, 0.3) is 0 Å². The molecule has 3 heterocycles. The van der Waals surface area contributed by atoms with Crippen LogP contribution in [0.15, 0.2) is 59.6 Å². The number of fused-ring (bicyclic) bond motifs is 1. The van der Waals surface area contributed by atoms with Gasteiger partial charge in [-0.05, 0) is 42.9 Å². The van der Waals surface area contributed by atoms with Crippen LogP contribution in [0.2, 0.25) is 0 Å². The number of carbonyl (C=O) groups is 1. The van der Waals surface area contributed by atoms with E-state index in [0.29, 0.717) is 5.91 Å². The molecule has 0 unspecified atom stereocenters. The fourth-order valence-electron chi connectivity index (χ4n) is 5.06. The number of nitrogens with zero attached hydrogens (tertiary/aromatic N) is 3. The summed E-state index contributed by atoms with van der Waals surface area (Å²) in [6.45, 7) is 3.52. The number of likely N-dealkylation sites (tertiary alicyclic amines) is 2. The predicted molar refractivity (Wildman–Crippen MR) is 112 cm³/mol. The zero-order chi connectivity index (χ0) is 19.0. The van der Waals surface area contributed by atoms with Crippen LogP contribution in [0.1, 0.15) is 36.8 Å². The Balaban J connectivity index is 1.26. The van der Waals surface area contributed by atoms with Gasteiger partial charge in [-0.15, -0.1) is 0 Å². The van der Waals surface area contributed by atoms with Crippen LogP contribution in [0, 0.1) is 5.41 Å². The van der Waals surface area contributed by atoms with Crippen molar-refractivity contribution in [2.24, 2.45) is 10.4 Å². The number of benzene rings is 2. The zero-order valence-electron chi connectivity index (χ0n) is 16.3. The van der Waals surface area contributed by atoms with Crippen LogP contribution in [-0.4, -0.2) is 41.2 Å². The summed E-state index contributed by atoms with van der Waals surface area (Å²) in [5.74, 6) is 1.55. The maximum absolute atomic E-state index is 13.4. The highest BCUT2D eigenvalue weighted by molar-refractivity contribution is 5.92. The molecule has 0 bridgehead atoms. The molecule has 1 spiro atoms. The van der Waals surface area contributed by atoms with Gasteiger partial charge in [0.05, 0.1) is 11.1 Å². The summed E-state index contributed by atoms with van der Waals surface area (Å²) >= 11 is 0. The van der Waals surface area contributed by atoms with E-state index < -0.39 is 0 Å². The Labute approximate surface area is 166 Å². The largest absolute Gasteiger partial charge is 0.360 e. The van der Waals surface area contributed by atoms with Gasteiger partial charge in [-0.2, -0.15) is 0 Å². The first-order valence-electron chi connectivity index (χ1n) is 10.5. The van der Waals surface area contributed by atoms with Crippen molar-refractivity contribution in [2.45, 2.75) is 38.6 Å². The predicted octanol–water partition coefficient (Wildman–Crippen LogP) is 4.18. The monoisotopic (exact) mass is 373 g/mol. The SMILES string of the molecule is O=C1N(Cc2ccccc2)CCCC12CCN(C1=Nc3ccccc3C1)CC2. The first kappa shape index (κ1) is 17.5. The molecule has 2 fully saturated rings. The van der Waals surface area contributed by atoms with Crippen molar-refractivity contribution in [3.8, 4) is 0 Å². The lowest BCUT2D eigenvalue weighted by molar-refractivity contribution is -0.150. The number of carbonyl (C=O) groups excluding carboxylic acids is 1. The molecule has 3 aliphatic rings. The van der Waals surface area contributed by atoms with Crippen LogP contribution in [0.3, 0.4) is 0 Å². The standard InChI is InChI=1S/C24H27N3O/c28-23-24(11-6-14-27(23)18-19-7-2-1-3-8-19)12-15-26(16-13-24)22-17-20-9-4-5-10-21(20)25-22/h1-5,7-10H,6,11-18H2. The molecule has 3 aliphatic heterocycles. The molecular weight excluding hydrogens is 346 g/mol. The van der Waals surface area contributed by atoms with E-state index in [1.807, 2.05) is 6.07 Å². The van der Waals surface area contributed by atoms with E-state index in [9.17, 15) is 4.79 Å². The number of hydrogen-bond acceptors (Lipinski definition) is 3. The summed E-state index contributed by atoms with van der Waals surface area (Å²) in [6.07, 6.45) is 4.98. The molecule has 0 radical (unpaired) electrons. The van der Waals surface area contributed by atoms with Crippen LogP contribution in [-0.2, 0) is 17.8 Å². The Morgan fingerprint density at radius 1 is 0.893 bits per heavy atom. The van der Waals surface area contributed by atoms with Gasteiger partial charge in [-0.1, -0.05) is 48.5 Å². The van der Waals surface area contributed by atoms with E-state index in [2.05, 4.69) is 58.3 Å². The third kappa shape index (κ3) is 3.11. The second-order valence-electron chi connectivity index (χ2n) is 8.42. The highest BCUT2D eigenvalue weighted by Gasteiger charge is 2.46. The molecule has 0 atom stereocenters. The van der Waals surface area contributed by atoms with E-state index in [0.717, 1.165) is 64.0 Å². The lowest BCUT2D eigenvalue weighted by atomic mass is 9.71. The minimum absolute atomic E-state index is 0.157. The Bertz CT molecular complexity index is 897. The highest BCUT2D eigenvalue weighted by atomic mass is 16.2. The molecule has 1 amide bonds. The smallest absolute Gasteiger partial charge is 0.229 e. The molecular formula is C24H27N3O. The highest BCUT2D eigenvalue weighted by Crippen LogP contribution is 2.42. The van der Waals surface area contributed by atoms with Crippen molar-refractivity contribution in [3.63, 3.8) is 0 Å². The van der Waals surface area contributed by atoms with Crippen LogP contribution < -0.4 is 0 Å². The van der Waals surface area contributed by atoms with Crippen molar-refractivity contribution in [1.29, 1.82) is 0 Å². The van der Waals surface area contributed by atoms with Crippen molar-refractivity contribution in [3.05, 3.63) is 65.7 Å². The second-order valence-corrected chi connectivity index (χ2v) is 8.42. The normalized spacial score (nSPS) is 21.0. The fourth-order valence-corrected chi connectivity index (χ4v) is 5.06. The fraction of sp³-hybridized carbons (Fsp3) is 0.417. The molecule has 0 saturated carbocycles. The summed E-state index contributed by atoms with van der Waals surface area (Å²) in [5, 5.41) is 0. The van der Waals surface area contributed by atoms with Gasteiger partial charge in [0, 0.05) is 32.6 Å². The van der Waals surface area contributed by atoms with Gasteiger partial charge in [0.2, 0.25) is 5.91 Å². The number of rotatable bonds is 2. The van der Waals surface area contributed by atoms with Gasteiger partial charge in [0.15, 0.2) is 0 Å². The topological polar surface area (TPSA) is 35.9 Å². The van der Waals surface area contributed by atoms with E-state index in [1.165, 1.54) is 17.0 Å². The lowest BCUT2D eigenvalue weighted by Gasteiger charge is -2.47. The van der Waals surface area contributed by atoms with Crippen LogP contribution in [0.25, 0.3) is 0 Å². The minimum atomic E-state index is -0.157. The van der Waals surface area contributed by atoms with E-state index >= 15 is 0 Å². The maximum Gasteiger partial charge on any atom is 0.229 e. The molecule has 2 saturated heterocycles. The molecule has 144 valence electrons. The number of amides is 1. The van der Waals surface area contributed by atoms with Crippen molar-refractivity contribution in [1.82, 2.24) is 9.80 Å². The maximum atomic E-state index is 13.4. The Morgan fingerprint density at radius 3 is 2.43 bits per heavy atom. The molecule has 2 aromatic rings. The summed E-state index contributed by atoms with van der Waals surface area (Å²) < 4.78 is 0. The number of hydrogen-bond donors (Lipinski definition) is 0. The minimum Gasteiger partial charge on any atom is -0.360 e. The van der Waals surface area contributed by atoms with Gasteiger partial charge in [-0.3, -0.25) is 4.79 Å². The first-order valence-corrected chi connectivity index (χ1v) is 10.5. The zero-order valence-corrected chi connectivity index (χ0v) is 16.3. The number of aliphatic imine (C=N–C) groups is 1. The Hall–Kier alpha value is -2.62. The quantitative estimate of drug-likeness (QED) is 0.792. The number of para-hydroxylation sites is 1. The van der Waals surface area contributed by atoms with E-state index in [4.69, 9.17) is 4.99 Å². The molecule has 4 nitrogen and oxygen atoms in total. The third-order valence-electron chi connectivity index (χ3n) is 6.72. The van der Waals surface area contributed by atoms with Crippen LogP contribution in [0.4, 0.5) is 5.69 Å². The van der Waals surface area contributed by atoms with Crippen LogP contribution in [0.5, 0.6) is 0 Å². The summed E-state index contributed by atoms with van der Waals surface area (Å²) in [6, 6.07) is 18.8. The Morgan fingerprint density at radius 2 is 1.64 bits per heavy atom. The van der Waals surface area contributed by atoms with Gasteiger partial charge < -0.3 is 9.80 Å². The third-order valence-corrected chi connectivity index (χ3v) is 6.72. The molecule has 2 aromatic carbocycles. The number of piperidine rings is 2. The van der Waals surface area contributed by atoms with E-state index in [1.54, 1.807) is 0 Å². The first-order chi connectivity index (χ1) is 13.7. The van der Waals surface area contributed by atoms with Gasteiger partial charge in [-0.25, -0.2) is 4.99 Å². The molecule has 28 heavy (non-hydrogen) atoms. The summed E-state index contributed by atoms with van der Waals surface area (Å²) in [5.41, 5.74) is 3.50. The Kier molecular flexibility index (Phi) is 4.42. The van der Waals surface area contributed by atoms with Crippen molar-refractivity contribution < 1.29 is 4.79 Å². The molecule has 0 aromatic heterocycles. The molecule has 5 rings (SSSR count). The van der Waals surface area contributed by atoms with Crippen molar-refractivity contribution in [2.75, 3.05) is 19.6 Å². The molecule has 0 aliphatic carbocycles. The summed E-state index contributed by atoms with van der Waals surface area (Å²) in [7, 11) is 0. The average molecular weight is 374 g/mol. The lowest BCUT2D eigenvalue weighted by Crippen LogP contribution is -2.54. The molecule has 0 N–H and O–H groups in total. The average Bonchev–Trinajstić information content (AvgIpc) is 3.17. The number of amidine groups is 1. The second kappa shape index (κ2) is 7.08. The van der Waals surface area contributed by atoms with Crippen LogP contribution >= 0.6 is 0 Å². The van der Waals surface area contributed by atoms with Gasteiger partial charge in [0.1, 0.15) is 5.84 Å². The van der Waals surface area contributed by atoms with Gasteiger partial charge >= 0.3 is 0 Å². The molecule has 4 heteroatoms.